The largest absolute Gasteiger partial charge is 0.322 e. The first-order chi connectivity index (χ1) is 13.7. The lowest BCUT2D eigenvalue weighted by atomic mass is 10.2. The normalized spacial score (nSPS) is 11.2. The van der Waals surface area contributed by atoms with Crippen LogP contribution in [0.2, 0.25) is 10.0 Å². The minimum Gasteiger partial charge on any atom is -0.322 e. The first-order valence-electron chi connectivity index (χ1n) is 8.60. The number of rotatable bonds is 5. The Morgan fingerprint density at radius 1 is 0.931 bits per heavy atom. The van der Waals surface area contributed by atoms with Gasteiger partial charge in [0.25, 0.3) is 15.9 Å². The molecule has 1 amide bonds. The number of benzene rings is 3. The second-order valence-corrected chi connectivity index (χ2v) is 9.24. The summed E-state index contributed by atoms with van der Waals surface area (Å²) in [6.45, 7) is 1.83. The fraction of sp³-hybridized carbons (Fsp3) is 0.0952. The van der Waals surface area contributed by atoms with Crippen molar-refractivity contribution in [2.24, 2.45) is 0 Å². The molecule has 0 atom stereocenters. The van der Waals surface area contributed by atoms with Crippen LogP contribution < -0.4 is 9.62 Å². The van der Waals surface area contributed by atoms with Crippen LogP contribution in [0.3, 0.4) is 0 Å². The standard InChI is InChI=1S/C21H18Cl2N2O3S/c1-14-6-3-4-9-20(14)25(2)29(27,28)19-8-5-7-15(10-19)21(26)24-18-12-16(22)11-17(23)13-18/h3-13H,1-2H3,(H,24,26). The number of amides is 1. The van der Waals surface area contributed by atoms with Gasteiger partial charge in [0, 0.05) is 28.3 Å². The van der Waals surface area contributed by atoms with Gasteiger partial charge in [0.15, 0.2) is 0 Å². The summed E-state index contributed by atoms with van der Waals surface area (Å²) in [5.41, 5.74) is 2.00. The van der Waals surface area contributed by atoms with Crippen molar-refractivity contribution in [1.29, 1.82) is 0 Å². The Morgan fingerprint density at radius 2 is 1.59 bits per heavy atom. The number of hydrogen-bond donors (Lipinski definition) is 1. The molecule has 0 aliphatic heterocycles. The third-order valence-corrected chi connectivity index (χ3v) is 6.53. The van der Waals surface area contributed by atoms with Crippen molar-refractivity contribution in [1.82, 2.24) is 0 Å². The Labute approximate surface area is 179 Å². The summed E-state index contributed by atoms with van der Waals surface area (Å²) in [5, 5.41) is 3.43. The van der Waals surface area contributed by atoms with Gasteiger partial charge in [-0.05, 0) is 55.0 Å². The van der Waals surface area contributed by atoms with E-state index in [0.29, 0.717) is 21.4 Å². The van der Waals surface area contributed by atoms with E-state index in [4.69, 9.17) is 23.2 Å². The van der Waals surface area contributed by atoms with Gasteiger partial charge in [-0.25, -0.2) is 8.42 Å². The highest BCUT2D eigenvalue weighted by atomic mass is 35.5. The van der Waals surface area contributed by atoms with E-state index < -0.39 is 15.9 Å². The van der Waals surface area contributed by atoms with Crippen LogP contribution in [0.1, 0.15) is 15.9 Å². The minimum atomic E-state index is -3.85. The molecular weight excluding hydrogens is 431 g/mol. The molecule has 5 nitrogen and oxygen atoms in total. The number of anilines is 2. The fourth-order valence-corrected chi connectivity index (χ4v) is 4.66. The minimum absolute atomic E-state index is 0.0139. The number of hydrogen-bond acceptors (Lipinski definition) is 3. The maximum Gasteiger partial charge on any atom is 0.264 e. The van der Waals surface area contributed by atoms with Crippen molar-refractivity contribution < 1.29 is 13.2 Å². The van der Waals surface area contributed by atoms with Gasteiger partial charge in [0.05, 0.1) is 10.6 Å². The second kappa shape index (κ2) is 8.45. The van der Waals surface area contributed by atoms with Crippen LogP contribution in [-0.4, -0.2) is 21.4 Å². The first-order valence-corrected chi connectivity index (χ1v) is 10.8. The zero-order valence-electron chi connectivity index (χ0n) is 15.7. The lowest BCUT2D eigenvalue weighted by Gasteiger charge is -2.21. The molecule has 3 aromatic rings. The SMILES string of the molecule is Cc1ccccc1N(C)S(=O)(=O)c1cccc(C(=O)Nc2cc(Cl)cc(Cl)c2)c1. The zero-order chi connectivity index (χ0) is 21.2. The average Bonchev–Trinajstić information content (AvgIpc) is 2.67. The van der Waals surface area contributed by atoms with Crippen molar-refractivity contribution in [3.63, 3.8) is 0 Å². The molecule has 150 valence electrons. The van der Waals surface area contributed by atoms with Crippen LogP contribution in [-0.2, 0) is 10.0 Å². The van der Waals surface area contributed by atoms with Gasteiger partial charge < -0.3 is 5.32 Å². The molecule has 0 aliphatic carbocycles. The topological polar surface area (TPSA) is 66.5 Å². The smallest absolute Gasteiger partial charge is 0.264 e. The summed E-state index contributed by atoms with van der Waals surface area (Å²) in [6, 6.07) is 17.7. The van der Waals surface area contributed by atoms with E-state index >= 15 is 0 Å². The zero-order valence-corrected chi connectivity index (χ0v) is 18.0. The first kappa shape index (κ1) is 21.2. The molecule has 1 N–H and O–H groups in total. The second-order valence-electron chi connectivity index (χ2n) is 6.40. The van der Waals surface area contributed by atoms with Gasteiger partial charge in [-0.2, -0.15) is 0 Å². The fourth-order valence-electron chi connectivity index (χ4n) is 2.83. The predicted octanol–water partition coefficient (Wildman–Crippen LogP) is 5.38. The number of carbonyl (C=O) groups is 1. The van der Waals surface area contributed by atoms with E-state index in [2.05, 4.69) is 5.32 Å². The van der Waals surface area contributed by atoms with E-state index in [-0.39, 0.29) is 10.5 Å². The summed E-state index contributed by atoms with van der Waals surface area (Å²) in [6.07, 6.45) is 0. The number of nitrogens with zero attached hydrogens (tertiary/aromatic N) is 1. The molecule has 0 aliphatic rings. The highest BCUT2D eigenvalue weighted by Gasteiger charge is 2.23. The summed E-state index contributed by atoms with van der Waals surface area (Å²) in [7, 11) is -2.36. The van der Waals surface area contributed by atoms with E-state index in [0.717, 1.165) is 5.56 Å². The molecule has 0 radical (unpaired) electrons. The summed E-state index contributed by atoms with van der Waals surface area (Å²) in [5.74, 6) is -0.473. The molecule has 3 aromatic carbocycles. The van der Waals surface area contributed by atoms with E-state index in [1.54, 1.807) is 30.3 Å². The molecule has 0 saturated heterocycles. The number of nitrogens with one attached hydrogen (secondary N) is 1. The number of halogens is 2. The van der Waals surface area contributed by atoms with Gasteiger partial charge in [-0.15, -0.1) is 0 Å². The Balaban J connectivity index is 1.90. The van der Waals surface area contributed by atoms with Gasteiger partial charge >= 0.3 is 0 Å². The predicted molar refractivity (Wildman–Crippen MR) is 118 cm³/mol. The third-order valence-electron chi connectivity index (χ3n) is 4.33. The number of aryl methyl sites for hydroxylation is 1. The van der Waals surface area contributed by atoms with Crippen LogP contribution in [0.15, 0.2) is 71.6 Å². The highest BCUT2D eigenvalue weighted by Crippen LogP contribution is 2.26. The van der Waals surface area contributed by atoms with E-state index in [1.807, 2.05) is 19.1 Å². The molecule has 0 heterocycles. The van der Waals surface area contributed by atoms with Crippen molar-refractivity contribution in [2.45, 2.75) is 11.8 Å². The van der Waals surface area contributed by atoms with Gasteiger partial charge in [-0.1, -0.05) is 47.5 Å². The molecule has 0 spiro atoms. The van der Waals surface area contributed by atoms with Crippen molar-refractivity contribution in [3.05, 3.63) is 87.9 Å². The Hall–Kier alpha value is -2.54. The number of carbonyl (C=O) groups excluding carboxylic acids is 1. The molecule has 3 rings (SSSR count). The van der Waals surface area contributed by atoms with Crippen molar-refractivity contribution >= 4 is 50.5 Å². The molecule has 0 bridgehead atoms. The third kappa shape index (κ3) is 4.72. The van der Waals surface area contributed by atoms with Crippen LogP contribution in [0.25, 0.3) is 0 Å². The molecule has 8 heteroatoms. The summed E-state index contributed by atoms with van der Waals surface area (Å²) >= 11 is 11.9. The molecule has 0 unspecified atom stereocenters. The molecule has 0 aromatic heterocycles. The van der Waals surface area contributed by atoms with Crippen LogP contribution >= 0.6 is 23.2 Å². The monoisotopic (exact) mass is 448 g/mol. The van der Waals surface area contributed by atoms with Gasteiger partial charge in [-0.3, -0.25) is 9.10 Å². The van der Waals surface area contributed by atoms with Crippen LogP contribution in [0, 0.1) is 6.92 Å². The highest BCUT2D eigenvalue weighted by molar-refractivity contribution is 7.92. The summed E-state index contributed by atoms with van der Waals surface area (Å²) < 4.78 is 27.3. The lowest BCUT2D eigenvalue weighted by Crippen LogP contribution is -2.27. The number of para-hydroxylation sites is 1. The quantitative estimate of drug-likeness (QED) is 0.569. The van der Waals surface area contributed by atoms with Gasteiger partial charge in [0.1, 0.15) is 0 Å². The Kier molecular flexibility index (Phi) is 6.17. The average molecular weight is 449 g/mol. The molecule has 0 fully saturated rings. The van der Waals surface area contributed by atoms with Crippen LogP contribution in [0.5, 0.6) is 0 Å². The van der Waals surface area contributed by atoms with Crippen LogP contribution in [0.4, 0.5) is 11.4 Å². The Morgan fingerprint density at radius 3 is 2.24 bits per heavy atom. The molecular formula is C21H18Cl2N2O3S. The number of sulfonamides is 1. The molecule has 0 saturated carbocycles. The van der Waals surface area contributed by atoms with E-state index in [9.17, 15) is 13.2 Å². The van der Waals surface area contributed by atoms with Crippen molar-refractivity contribution in [3.8, 4) is 0 Å². The summed E-state index contributed by atoms with van der Waals surface area (Å²) in [4.78, 5) is 12.6. The van der Waals surface area contributed by atoms with Gasteiger partial charge in [0.2, 0.25) is 0 Å². The lowest BCUT2D eigenvalue weighted by molar-refractivity contribution is 0.102. The Bertz CT molecular complexity index is 1160. The molecule has 29 heavy (non-hydrogen) atoms. The van der Waals surface area contributed by atoms with Crippen molar-refractivity contribution in [2.75, 3.05) is 16.7 Å². The van der Waals surface area contributed by atoms with E-state index in [1.165, 1.54) is 35.6 Å². The maximum atomic E-state index is 13.1. The maximum absolute atomic E-state index is 13.1.